The first-order chi connectivity index (χ1) is 14.0. The van der Waals surface area contributed by atoms with Gasteiger partial charge in [-0.05, 0) is 36.4 Å². The first-order valence-electron chi connectivity index (χ1n) is 8.75. The van der Waals surface area contributed by atoms with Gasteiger partial charge in [-0.2, -0.15) is 0 Å². The number of carbonyl (C=O) groups excluding carboxylic acids is 2. The molecule has 3 aromatic rings. The maximum absolute atomic E-state index is 12.9. The number of amides is 1. The molecule has 1 atom stereocenters. The molecular formula is C22H16ClNO5. The maximum atomic E-state index is 12.9. The molecule has 0 radical (unpaired) electrons. The molecule has 1 saturated heterocycles. The van der Waals surface area contributed by atoms with Crippen LogP contribution < -0.4 is 9.64 Å². The van der Waals surface area contributed by atoms with Crippen molar-refractivity contribution in [3.63, 3.8) is 0 Å². The molecule has 0 saturated carbocycles. The number of hydrogen-bond donors (Lipinski definition) is 1. The number of aliphatic hydroxyl groups excluding tert-OH is 1. The number of carbonyl (C=O) groups is 2. The molecular weight excluding hydrogens is 394 g/mol. The van der Waals surface area contributed by atoms with Gasteiger partial charge in [-0.3, -0.25) is 14.5 Å². The van der Waals surface area contributed by atoms with Crippen molar-refractivity contribution in [1.82, 2.24) is 0 Å². The molecule has 1 fully saturated rings. The van der Waals surface area contributed by atoms with E-state index in [1.54, 1.807) is 54.6 Å². The molecule has 2 aromatic carbocycles. The van der Waals surface area contributed by atoms with E-state index >= 15 is 0 Å². The lowest BCUT2D eigenvalue weighted by atomic mass is 9.99. The van der Waals surface area contributed by atoms with Crippen molar-refractivity contribution >= 4 is 34.7 Å². The summed E-state index contributed by atoms with van der Waals surface area (Å²) >= 11 is 6.03. The summed E-state index contributed by atoms with van der Waals surface area (Å²) in [4.78, 5) is 27.2. The summed E-state index contributed by atoms with van der Waals surface area (Å²) in [6, 6.07) is 15.6. The van der Waals surface area contributed by atoms with Crippen LogP contribution in [0.2, 0.25) is 5.02 Å². The van der Waals surface area contributed by atoms with Gasteiger partial charge in [-0.15, -0.1) is 0 Å². The number of aliphatic hydroxyl groups is 1. The summed E-state index contributed by atoms with van der Waals surface area (Å²) in [6.07, 6.45) is 1.44. The van der Waals surface area contributed by atoms with Gasteiger partial charge >= 0.3 is 0 Å². The summed E-state index contributed by atoms with van der Waals surface area (Å²) in [6.45, 7) is 0. The topological polar surface area (TPSA) is 80.0 Å². The van der Waals surface area contributed by atoms with Crippen LogP contribution in [0.25, 0.3) is 5.76 Å². The van der Waals surface area contributed by atoms with Gasteiger partial charge in [-0.1, -0.05) is 29.8 Å². The van der Waals surface area contributed by atoms with Crippen molar-refractivity contribution in [3.8, 4) is 5.75 Å². The molecule has 0 bridgehead atoms. The van der Waals surface area contributed by atoms with E-state index in [9.17, 15) is 14.7 Å². The Morgan fingerprint density at radius 3 is 2.59 bits per heavy atom. The third-order valence-corrected chi connectivity index (χ3v) is 4.92. The molecule has 0 aliphatic carbocycles. The summed E-state index contributed by atoms with van der Waals surface area (Å²) in [5, 5.41) is 11.3. The van der Waals surface area contributed by atoms with Gasteiger partial charge in [0.1, 0.15) is 23.3 Å². The molecule has 4 rings (SSSR count). The zero-order valence-corrected chi connectivity index (χ0v) is 16.1. The lowest BCUT2D eigenvalue weighted by Crippen LogP contribution is -2.29. The molecule has 6 nitrogen and oxygen atoms in total. The standard InChI is InChI=1S/C22H16ClNO5/c1-28-16-8-3-7-15(12-16)24-19(17-9-4-10-29-17)18(21(26)22(24)27)20(25)13-5-2-6-14(23)11-13/h2-12,19,25H,1H3/b20-18-. The second-order valence-electron chi connectivity index (χ2n) is 6.40. The van der Waals surface area contributed by atoms with Gasteiger partial charge < -0.3 is 14.3 Å². The van der Waals surface area contributed by atoms with E-state index in [1.807, 2.05) is 0 Å². The Hall–Kier alpha value is -3.51. The van der Waals surface area contributed by atoms with E-state index in [0.717, 1.165) is 0 Å². The van der Waals surface area contributed by atoms with Crippen molar-refractivity contribution in [2.24, 2.45) is 0 Å². The SMILES string of the molecule is COc1cccc(N2C(=O)C(=O)/C(=C(\O)c3cccc(Cl)c3)C2c2ccco2)c1. The predicted molar refractivity (Wildman–Crippen MR) is 108 cm³/mol. The van der Waals surface area contributed by atoms with Crippen LogP contribution in [-0.4, -0.2) is 23.9 Å². The number of hydrogen-bond acceptors (Lipinski definition) is 5. The van der Waals surface area contributed by atoms with Crippen LogP contribution in [0.1, 0.15) is 17.4 Å². The quantitative estimate of drug-likeness (QED) is 0.388. The van der Waals surface area contributed by atoms with E-state index in [4.69, 9.17) is 20.8 Å². The summed E-state index contributed by atoms with van der Waals surface area (Å²) in [5.41, 5.74) is 0.700. The van der Waals surface area contributed by atoms with Crippen molar-refractivity contribution in [1.29, 1.82) is 0 Å². The normalized spacial score (nSPS) is 18.3. The lowest BCUT2D eigenvalue weighted by Gasteiger charge is -2.23. The average Bonchev–Trinajstić information content (AvgIpc) is 3.35. The Kier molecular flexibility index (Phi) is 4.86. The minimum absolute atomic E-state index is 0.0740. The van der Waals surface area contributed by atoms with Crippen LogP contribution in [0, 0.1) is 0 Å². The van der Waals surface area contributed by atoms with E-state index in [1.165, 1.54) is 24.3 Å². The highest BCUT2D eigenvalue weighted by atomic mass is 35.5. The Balaban J connectivity index is 1.93. The van der Waals surface area contributed by atoms with Gasteiger partial charge in [0, 0.05) is 22.3 Å². The molecule has 1 N–H and O–H groups in total. The minimum Gasteiger partial charge on any atom is -0.507 e. The molecule has 29 heavy (non-hydrogen) atoms. The largest absolute Gasteiger partial charge is 0.507 e. The fourth-order valence-corrected chi connectivity index (χ4v) is 3.56. The summed E-state index contributed by atoms with van der Waals surface area (Å²) < 4.78 is 10.8. The third kappa shape index (κ3) is 3.28. The van der Waals surface area contributed by atoms with Gasteiger partial charge in [0.25, 0.3) is 11.7 Å². The first kappa shape index (κ1) is 18.8. The number of nitrogens with zero attached hydrogens (tertiary/aromatic N) is 1. The third-order valence-electron chi connectivity index (χ3n) is 4.69. The van der Waals surface area contributed by atoms with E-state index < -0.39 is 17.7 Å². The average molecular weight is 410 g/mol. The second-order valence-corrected chi connectivity index (χ2v) is 6.83. The number of ketones is 1. The van der Waals surface area contributed by atoms with Gasteiger partial charge in [-0.25, -0.2) is 0 Å². The number of halogens is 1. The molecule has 1 aromatic heterocycles. The maximum Gasteiger partial charge on any atom is 0.300 e. The minimum atomic E-state index is -0.934. The van der Waals surface area contributed by atoms with Crippen LogP contribution in [0.3, 0.4) is 0 Å². The van der Waals surface area contributed by atoms with Gasteiger partial charge in [0.05, 0.1) is 18.9 Å². The number of benzene rings is 2. The molecule has 1 aliphatic heterocycles. The molecule has 1 unspecified atom stereocenters. The highest BCUT2D eigenvalue weighted by molar-refractivity contribution is 6.51. The molecule has 146 valence electrons. The predicted octanol–water partition coefficient (Wildman–Crippen LogP) is 4.57. The molecule has 0 spiro atoms. The Bertz CT molecular complexity index is 1120. The monoisotopic (exact) mass is 409 g/mol. The van der Waals surface area contributed by atoms with Crippen LogP contribution in [0.15, 0.2) is 76.9 Å². The number of anilines is 1. The van der Waals surface area contributed by atoms with E-state index in [0.29, 0.717) is 27.8 Å². The van der Waals surface area contributed by atoms with Crippen LogP contribution in [0.5, 0.6) is 5.75 Å². The summed E-state index contributed by atoms with van der Waals surface area (Å²) in [5.74, 6) is -1.04. The molecule has 2 heterocycles. The zero-order valence-electron chi connectivity index (χ0n) is 15.3. The number of Topliss-reactive ketones (excluding diaryl/α,β-unsaturated/α-hetero) is 1. The fraction of sp³-hybridized carbons (Fsp3) is 0.0909. The van der Waals surface area contributed by atoms with Crippen molar-refractivity contribution in [3.05, 3.63) is 88.8 Å². The number of methoxy groups -OCH3 is 1. The highest BCUT2D eigenvalue weighted by Gasteiger charge is 2.48. The van der Waals surface area contributed by atoms with Gasteiger partial charge in [0.15, 0.2) is 0 Å². The Morgan fingerprint density at radius 1 is 1.10 bits per heavy atom. The molecule has 1 aliphatic rings. The van der Waals surface area contributed by atoms with E-state index in [2.05, 4.69) is 0 Å². The van der Waals surface area contributed by atoms with Crippen molar-refractivity contribution < 1.29 is 23.8 Å². The summed E-state index contributed by atoms with van der Waals surface area (Å²) in [7, 11) is 1.51. The van der Waals surface area contributed by atoms with Gasteiger partial charge in [0.2, 0.25) is 0 Å². The van der Waals surface area contributed by atoms with Crippen LogP contribution in [0.4, 0.5) is 5.69 Å². The molecule has 1 amide bonds. The fourth-order valence-electron chi connectivity index (χ4n) is 3.37. The van der Waals surface area contributed by atoms with Crippen molar-refractivity contribution in [2.75, 3.05) is 12.0 Å². The number of ether oxygens (including phenoxy) is 1. The highest BCUT2D eigenvalue weighted by Crippen LogP contribution is 2.43. The zero-order chi connectivity index (χ0) is 20.5. The van der Waals surface area contributed by atoms with Crippen LogP contribution in [-0.2, 0) is 9.59 Å². The van der Waals surface area contributed by atoms with E-state index in [-0.39, 0.29) is 11.3 Å². The lowest BCUT2D eigenvalue weighted by molar-refractivity contribution is -0.132. The van der Waals surface area contributed by atoms with Crippen molar-refractivity contribution in [2.45, 2.75) is 6.04 Å². The smallest absolute Gasteiger partial charge is 0.300 e. The second kappa shape index (κ2) is 7.48. The van der Waals surface area contributed by atoms with Crippen LogP contribution >= 0.6 is 11.6 Å². The number of rotatable bonds is 4. The Labute approximate surface area is 171 Å². The number of furan rings is 1. The Morgan fingerprint density at radius 2 is 1.90 bits per heavy atom. The molecule has 7 heteroatoms. The first-order valence-corrected chi connectivity index (χ1v) is 9.13.